The SMILES string of the molecule is CC(C)N1CC(=O)N(Cc2ccc(C(F)(F)F)cc2)C2(CN(c3ccccc3)C2)C1=O. The molecule has 2 aliphatic heterocycles. The van der Waals surface area contributed by atoms with Crippen molar-refractivity contribution < 1.29 is 22.8 Å². The highest BCUT2D eigenvalue weighted by Crippen LogP contribution is 2.38. The van der Waals surface area contributed by atoms with Gasteiger partial charge < -0.3 is 14.7 Å². The van der Waals surface area contributed by atoms with Crippen molar-refractivity contribution in [2.45, 2.75) is 38.1 Å². The third-order valence-electron chi connectivity index (χ3n) is 6.05. The molecule has 2 amide bonds. The van der Waals surface area contributed by atoms with Crippen molar-refractivity contribution in [3.8, 4) is 0 Å². The lowest BCUT2D eigenvalue weighted by molar-refractivity contribution is -0.170. The fourth-order valence-electron chi connectivity index (χ4n) is 4.28. The summed E-state index contributed by atoms with van der Waals surface area (Å²) in [5.41, 5.74) is -0.232. The van der Waals surface area contributed by atoms with Crippen LogP contribution in [-0.4, -0.2) is 52.8 Å². The minimum atomic E-state index is -4.42. The van der Waals surface area contributed by atoms with Gasteiger partial charge in [0.05, 0.1) is 18.7 Å². The summed E-state index contributed by atoms with van der Waals surface area (Å²) in [6, 6.07) is 14.3. The molecule has 4 rings (SSSR count). The lowest BCUT2D eigenvalue weighted by Gasteiger charge is -2.59. The minimum Gasteiger partial charge on any atom is -0.366 e. The van der Waals surface area contributed by atoms with E-state index in [-0.39, 0.29) is 30.9 Å². The van der Waals surface area contributed by atoms with Crippen molar-refractivity contribution in [3.63, 3.8) is 0 Å². The molecule has 2 aromatic carbocycles. The first-order chi connectivity index (χ1) is 14.6. The second-order valence-electron chi connectivity index (χ2n) is 8.42. The van der Waals surface area contributed by atoms with Crippen molar-refractivity contribution in [1.82, 2.24) is 9.80 Å². The molecular weight excluding hydrogens is 407 g/mol. The number of amides is 2. The molecule has 0 radical (unpaired) electrons. The predicted octanol–water partition coefficient (Wildman–Crippen LogP) is 3.54. The highest BCUT2D eigenvalue weighted by Gasteiger charge is 2.59. The molecule has 0 unspecified atom stereocenters. The van der Waals surface area contributed by atoms with Crippen molar-refractivity contribution in [1.29, 1.82) is 0 Å². The second-order valence-corrected chi connectivity index (χ2v) is 8.42. The van der Waals surface area contributed by atoms with Gasteiger partial charge in [0.2, 0.25) is 5.91 Å². The van der Waals surface area contributed by atoms with E-state index in [1.165, 1.54) is 12.1 Å². The lowest BCUT2D eigenvalue weighted by atomic mass is 9.82. The van der Waals surface area contributed by atoms with E-state index in [4.69, 9.17) is 0 Å². The zero-order valence-electron chi connectivity index (χ0n) is 17.4. The number of para-hydroxylation sites is 1. The highest BCUT2D eigenvalue weighted by atomic mass is 19.4. The van der Waals surface area contributed by atoms with E-state index in [0.717, 1.165) is 17.8 Å². The molecule has 0 N–H and O–H groups in total. The van der Waals surface area contributed by atoms with Gasteiger partial charge in [-0.2, -0.15) is 13.2 Å². The standard InChI is InChI=1S/C23H24F3N3O2/c1-16(2)28-13-20(30)29(12-17-8-10-18(11-9-17)23(24,25)26)22(21(28)31)14-27(15-22)19-6-4-3-5-7-19/h3-11,16H,12-15H2,1-2H3. The molecule has 31 heavy (non-hydrogen) atoms. The summed E-state index contributed by atoms with van der Waals surface area (Å²) < 4.78 is 38.6. The number of piperazine rings is 1. The van der Waals surface area contributed by atoms with Gasteiger partial charge in [0, 0.05) is 18.3 Å². The van der Waals surface area contributed by atoms with E-state index in [1.54, 1.807) is 9.80 Å². The molecule has 164 valence electrons. The zero-order valence-corrected chi connectivity index (χ0v) is 17.4. The van der Waals surface area contributed by atoms with Crippen molar-refractivity contribution in [2.75, 3.05) is 24.5 Å². The number of carbonyl (C=O) groups excluding carboxylic acids is 2. The van der Waals surface area contributed by atoms with Gasteiger partial charge in [-0.1, -0.05) is 30.3 Å². The summed E-state index contributed by atoms with van der Waals surface area (Å²) in [4.78, 5) is 31.7. The van der Waals surface area contributed by atoms with Crippen molar-refractivity contribution in [2.24, 2.45) is 0 Å². The molecule has 0 aromatic heterocycles. The van der Waals surface area contributed by atoms with Crippen molar-refractivity contribution >= 4 is 17.5 Å². The van der Waals surface area contributed by atoms with Crippen LogP contribution in [0.5, 0.6) is 0 Å². The van der Waals surface area contributed by atoms with Gasteiger partial charge in [-0.25, -0.2) is 0 Å². The van der Waals surface area contributed by atoms with Crippen LogP contribution in [0, 0.1) is 0 Å². The van der Waals surface area contributed by atoms with Crippen LogP contribution >= 0.6 is 0 Å². The Bertz CT molecular complexity index is 968. The number of rotatable bonds is 4. The van der Waals surface area contributed by atoms with Crippen LogP contribution in [-0.2, 0) is 22.3 Å². The summed E-state index contributed by atoms with van der Waals surface area (Å²) in [7, 11) is 0. The number of anilines is 1. The number of halogens is 3. The molecule has 0 atom stereocenters. The quantitative estimate of drug-likeness (QED) is 0.744. The molecule has 0 saturated carbocycles. The normalized spacial score (nSPS) is 18.7. The molecule has 1 spiro atoms. The molecule has 2 aliphatic rings. The lowest BCUT2D eigenvalue weighted by Crippen LogP contribution is -2.81. The monoisotopic (exact) mass is 431 g/mol. The molecule has 0 bridgehead atoms. The van der Waals surface area contributed by atoms with Crippen molar-refractivity contribution in [3.05, 3.63) is 65.7 Å². The summed E-state index contributed by atoms with van der Waals surface area (Å²) in [6.07, 6.45) is -4.42. The first kappa shape index (κ1) is 21.2. The molecule has 5 nitrogen and oxygen atoms in total. The fourth-order valence-corrected chi connectivity index (χ4v) is 4.28. The van der Waals surface area contributed by atoms with E-state index in [0.29, 0.717) is 18.7 Å². The maximum atomic E-state index is 13.4. The number of alkyl halides is 3. The van der Waals surface area contributed by atoms with Gasteiger partial charge in [0.15, 0.2) is 5.54 Å². The number of benzene rings is 2. The second kappa shape index (κ2) is 7.59. The largest absolute Gasteiger partial charge is 0.416 e. The van der Waals surface area contributed by atoms with Gasteiger partial charge in [-0.05, 0) is 43.7 Å². The van der Waals surface area contributed by atoms with Crippen LogP contribution in [0.2, 0.25) is 0 Å². The van der Waals surface area contributed by atoms with Gasteiger partial charge in [0.1, 0.15) is 6.54 Å². The van der Waals surface area contributed by atoms with Crippen LogP contribution in [0.1, 0.15) is 25.0 Å². The summed E-state index contributed by atoms with van der Waals surface area (Å²) in [6.45, 7) is 4.52. The Kier molecular flexibility index (Phi) is 5.19. The Morgan fingerprint density at radius 2 is 1.58 bits per heavy atom. The maximum Gasteiger partial charge on any atom is 0.416 e. The Labute approximate surface area is 179 Å². The minimum absolute atomic E-state index is 0.0236. The highest BCUT2D eigenvalue weighted by molar-refractivity contribution is 6.00. The number of hydrogen-bond donors (Lipinski definition) is 0. The van der Waals surface area contributed by atoms with Crippen LogP contribution < -0.4 is 4.90 Å². The van der Waals surface area contributed by atoms with Crippen LogP contribution in [0.3, 0.4) is 0 Å². The molecule has 2 aromatic rings. The Morgan fingerprint density at radius 3 is 2.13 bits per heavy atom. The number of carbonyl (C=O) groups is 2. The summed E-state index contributed by atoms with van der Waals surface area (Å²) >= 11 is 0. The molecule has 2 fully saturated rings. The van der Waals surface area contributed by atoms with Crippen LogP contribution in [0.25, 0.3) is 0 Å². The first-order valence-corrected chi connectivity index (χ1v) is 10.2. The van der Waals surface area contributed by atoms with E-state index < -0.39 is 17.3 Å². The number of nitrogens with zero attached hydrogens (tertiary/aromatic N) is 3. The summed E-state index contributed by atoms with van der Waals surface area (Å²) in [5.74, 6) is -0.304. The van der Waals surface area contributed by atoms with E-state index in [9.17, 15) is 22.8 Å². The molecular formula is C23H24F3N3O2. The molecule has 2 saturated heterocycles. The zero-order chi connectivity index (χ0) is 22.4. The van der Waals surface area contributed by atoms with Gasteiger partial charge >= 0.3 is 6.18 Å². The Morgan fingerprint density at radius 1 is 0.968 bits per heavy atom. The average Bonchev–Trinajstić information content (AvgIpc) is 2.69. The molecule has 8 heteroatoms. The maximum absolute atomic E-state index is 13.4. The Balaban J connectivity index is 1.62. The van der Waals surface area contributed by atoms with E-state index in [1.807, 2.05) is 49.1 Å². The van der Waals surface area contributed by atoms with E-state index in [2.05, 4.69) is 0 Å². The fraction of sp³-hybridized carbons (Fsp3) is 0.391. The average molecular weight is 431 g/mol. The number of hydrogen-bond acceptors (Lipinski definition) is 3. The van der Waals surface area contributed by atoms with Crippen LogP contribution in [0.4, 0.5) is 18.9 Å². The van der Waals surface area contributed by atoms with Gasteiger partial charge in [-0.15, -0.1) is 0 Å². The van der Waals surface area contributed by atoms with Gasteiger partial charge in [-0.3, -0.25) is 9.59 Å². The Hall–Kier alpha value is -3.03. The smallest absolute Gasteiger partial charge is 0.366 e. The van der Waals surface area contributed by atoms with Crippen LogP contribution in [0.15, 0.2) is 54.6 Å². The van der Waals surface area contributed by atoms with E-state index >= 15 is 0 Å². The first-order valence-electron chi connectivity index (χ1n) is 10.2. The third kappa shape index (κ3) is 3.75. The van der Waals surface area contributed by atoms with Gasteiger partial charge in [0.25, 0.3) is 5.91 Å². The molecule has 2 heterocycles. The summed E-state index contributed by atoms with van der Waals surface area (Å²) in [5, 5.41) is 0. The molecule has 0 aliphatic carbocycles. The predicted molar refractivity (Wildman–Crippen MR) is 110 cm³/mol. The topological polar surface area (TPSA) is 43.9 Å². The third-order valence-corrected chi connectivity index (χ3v) is 6.05.